The second kappa shape index (κ2) is 10.0. The van der Waals surface area contributed by atoms with Crippen LogP contribution < -0.4 is 15.4 Å². The molecule has 0 atom stereocenters. The fraction of sp³-hybridized carbons (Fsp3) is 0.400. The average Bonchev–Trinajstić information content (AvgIpc) is 3.02. The van der Waals surface area contributed by atoms with Crippen LogP contribution in [-0.4, -0.2) is 34.9 Å². The summed E-state index contributed by atoms with van der Waals surface area (Å²) in [6.45, 7) is 4.14. The lowest BCUT2D eigenvalue weighted by molar-refractivity contribution is 0.414. The van der Waals surface area contributed by atoms with Gasteiger partial charge in [-0.1, -0.05) is 12.1 Å². The minimum Gasteiger partial charge on any atom is -0.497 e. The molecule has 0 radical (unpaired) electrons. The van der Waals surface area contributed by atoms with Gasteiger partial charge in [0.15, 0.2) is 11.8 Å². The Morgan fingerprint density at radius 1 is 1.30 bits per heavy atom. The molecular formula is C15H23IN6O. The zero-order valence-corrected chi connectivity index (χ0v) is 15.9. The minimum atomic E-state index is 0. The van der Waals surface area contributed by atoms with E-state index in [1.54, 1.807) is 20.5 Å². The molecule has 0 saturated heterocycles. The number of hydrogen-bond donors (Lipinski definition) is 2. The third kappa shape index (κ3) is 5.70. The van der Waals surface area contributed by atoms with Gasteiger partial charge in [0.25, 0.3) is 0 Å². The summed E-state index contributed by atoms with van der Waals surface area (Å²) in [6, 6.07) is 7.93. The Hall–Kier alpha value is -1.84. The van der Waals surface area contributed by atoms with Gasteiger partial charge in [-0.3, -0.25) is 4.99 Å². The van der Waals surface area contributed by atoms with Gasteiger partial charge < -0.3 is 19.9 Å². The molecule has 0 spiro atoms. The number of hydrogen-bond acceptors (Lipinski definition) is 4. The Morgan fingerprint density at radius 2 is 2.09 bits per heavy atom. The van der Waals surface area contributed by atoms with Crippen LogP contribution in [0.2, 0.25) is 0 Å². The molecule has 23 heavy (non-hydrogen) atoms. The quantitative estimate of drug-likeness (QED) is 0.415. The van der Waals surface area contributed by atoms with Crippen molar-refractivity contribution in [1.82, 2.24) is 25.4 Å². The molecule has 0 saturated carbocycles. The van der Waals surface area contributed by atoms with Crippen LogP contribution in [0.3, 0.4) is 0 Å². The average molecular weight is 430 g/mol. The highest BCUT2D eigenvalue weighted by Crippen LogP contribution is 2.11. The van der Waals surface area contributed by atoms with E-state index in [0.717, 1.165) is 23.7 Å². The summed E-state index contributed by atoms with van der Waals surface area (Å²) >= 11 is 0. The predicted molar refractivity (Wildman–Crippen MR) is 101 cm³/mol. The number of rotatable bonds is 6. The molecule has 2 N–H and O–H groups in total. The molecule has 1 heterocycles. The normalized spacial score (nSPS) is 10.8. The van der Waals surface area contributed by atoms with E-state index >= 15 is 0 Å². The maximum atomic E-state index is 5.22. The van der Waals surface area contributed by atoms with Crippen LogP contribution in [0.4, 0.5) is 0 Å². The summed E-state index contributed by atoms with van der Waals surface area (Å²) in [6.07, 6.45) is 1.73. The first-order valence-corrected chi connectivity index (χ1v) is 7.21. The van der Waals surface area contributed by atoms with Gasteiger partial charge in [0.05, 0.1) is 13.7 Å². The summed E-state index contributed by atoms with van der Waals surface area (Å²) in [4.78, 5) is 4.21. The zero-order chi connectivity index (χ0) is 15.8. The van der Waals surface area contributed by atoms with E-state index < -0.39 is 0 Å². The predicted octanol–water partition coefficient (Wildman–Crippen LogP) is 1.79. The van der Waals surface area contributed by atoms with E-state index in [2.05, 4.69) is 32.7 Å². The Balaban J connectivity index is 0.00000264. The molecule has 2 aromatic rings. The van der Waals surface area contributed by atoms with E-state index in [1.165, 1.54) is 0 Å². The summed E-state index contributed by atoms with van der Waals surface area (Å²) in [5.74, 6) is 2.44. The lowest BCUT2D eigenvalue weighted by Crippen LogP contribution is -2.37. The highest BCUT2D eigenvalue weighted by molar-refractivity contribution is 14.0. The van der Waals surface area contributed by atoms with Crippen molar-refractivity contribution in [3.63, 3.8) is 0 Å². The third-order valence-electron chi connectivity index (χ3n) is 3.27. The molecule has 7 nitrogen and oxygen atoms in total. The van der Waals surface area contributed by atoms with Crippen molar-refractivity contribution in [1.29, 1.82) is 0 Å². The van der Waals surface area contributed by atoms with E-state index in [-0.39, 0.29) is 24.0 Å². The monoisotopic (exact) mass is 430 g/mol. The molecule has 0 unspecified atom stereocenters. The third-order valence-corrected chi connectivity index (χ3v) is 3.27. The fourth-order valence-corrected chi connectivity index (χ4v) is 2.03. The highest BCUT2D eigenvalue weighted by Gasteiger charge is 2.04. The lowest BCUT2D eigenvalue weighted by atomic mass is 10.2. The standard InChI is InChI=1S/C15H22N6O.HI/c1-4-21-11-19-20-14(21)10-18-15(16-2)17-9-12-6-5-7-13(8-12)22-3;/h5-8,11H,4,9-10H2,1-3H3,(H2,16,17,18);1H. The van der Waals surface area contributed by atoms with Gasteiger partial charge in [0.1, 0.15) is 12.1 Å². The van der Waals surface area contributed by atoms with Crippen molar-refractivity contribution in [2.24, 2.45) is 4.99 Å². The number of aromatic nitrogens is 3. The van der Waals surface area contributed by atoms with Crippen molar-refractivity contribution in [2.45, 2.75) is 26.6 Å². The number of methoxy groups -OCH3 is 1. The molecule has 1 aromatic heterocycles. The lowest BCUT2D eigenvalue weighted by Gasteiger charge is -2.12. The van der Waals surface area contributed by atoms with Crippen molar-refractivity contribution < 1.29 is 4.74 Å². The maximum Gasteiger partial charge on any atom is 0.191 e. The van der Waals surface area contributed by atoms with Crippen molar-refractivity contribution in [3.05, 3.63) is 42.0 Å². The minimum absolute atomic E-state index is 0. The number of ether oxygens (including phenoxy) is 1. The van der Waals surface area contributed by atoms with Crippen LogP contribution in [-0.2, 0) is 19.6 Å². The van der Waals surface area contributed by atoms with Crippen LogP contribution in [0.5, 0.6) is 5.75 Å². The van der Waals surface area contributed by atoms with Gasteiger partial charge in [-0.05, 0) is 24.6 Å². The van der Waals surface area contributed by atoms with Gasteiger partial charge in [-0.15, -0.1) is 34.2 Å². The molecule has 0 amide bonds. The smallest absolute Gasteiger partial charge is 0.191 e. The second-order valence-electron chi connectivity index (χ2n) is 4.66. The molecule has 1 aromatic carbocycles. The summed E-state index contributed by atoms with van der Waals surface area (Å²) in [5, 5.41) is 14.5. The number of aliphatic imine (C=N–C) groups is 1. The first kappa shape index (κ1) is 19.2. The van der Waals surface area contributed by atoms with Crippen LogP contribution in [0.1, 0.15) is 18.3 Å². The van der Waals surface area contributed by atoms with E-state index in [0.29, 0.717) is 19.0 Å². The van der Waals surface area contributed by atoms with Crippen LogP contribution in [0, 0.1) is 0 Å². The highest BCUT2D eigenvalue weighted by atomic mass is 127. The Kier molecular flexibility index (Phi) is 8.38. The van der Waals surface area contributed by atoms with Gasteiger partial charge in [0, 0.05) is 20.1 Å². The van der Waals surface area contributed by atoms with Crippen LogP contribution in [0.25, 0.3) is 0 Å². The fourth-order valence-electron chi connectivity index (χ4n) is 2.03. The molecule has 8 heteroatoms. The van der Waals surface area contributed by atoms with Gasteiger partial charge in [-0.25, -0.2) is 0 Å². The SMILES string of the molecule is CCn1cnnc1CNC(=NC)NCc1cccc(OC)c1.I. The van der Waals surface area contributed by atoms with E-state index in [1.807, 2.05) is 28.8 Å². The first-order chi connectivity index (χ1) is 10.8. The number of halogens is 1. The van der Waals surface area contributed by atoms with E-state index in [4.69, 9.17) is 4.74 Å². The molecule has 0 fully saturated rings. The largest absolute Gasteiger partial charge is 0.497 e. The molecule has 0 aliphatic rings. The number of aryl methyl sites for hydroxylation is 1. The zero-order valence-electron chi connectivity index (χ0n) is 13.6. The van der Waals surface area contributed by atoms with Gasteiger partial charge in [0.2, 0.25) is 0 Å². The first-order valence-electron chi connectivity index (χ1n) is 7.21. The summed E-state index contributed by atoms with van der Waals surface area (Å²) < 4.78 is 7.21. The van der Waals surface area contributed by atoms with Crippen LogP contribution in [0.15, 0.2) is 35.6 Å². The maximum absolute atomic E-state index is 5.22. The number of nitrogens with one attached hydrogen (secondary N) is 2. The van der Waals surface area contributed by atoms with Gasteiger partial charge in [-0.2, -0.15) is 0 Å². The summed E-state index contributed by atoms with van der Waals surface area (Å²) in [7, 11) is 3.41. The number of guanidine groups is 1. The van der Waals surface area contributed by atoms with E-state index in [9.17, 15) is 0 Å². The molecule has 2 rings (SSSR count). The Labute approximate surface area is 153 Å². The molecular weight excluding hydrogens is 407 g/mol. The second-order valence-corrected chi connectivity index (χ2v) is 4.66. The molecule has 0 aliphatic carbocycles. The Morgan fingerprint density at radius 3 is 2.78 bits per heavy atom. The van der Waals surface area contributed by atoms with Crippen molar-refractivity contribution >= 4 is 29.9 Å². The molecule has 126 valence electrons. The molecule has 0 bridgehead atoms. The Bertz CT molecular complexity index is 628. The van der Waals surface area contributed by atoms with Crippen molar-refractivity contribution in [3.8, 4) is 5.75 Å². The molecule has 0 aliphatic heterocycles. The van der Waals surface area contributed by atoms with Crippen molar-refractivity contribution in [2.75, 3.05) is 14.2 Å². The topological polar surface area (TPSA) is 76.4 Å². The van der Waals surface area contributed by atoms with Gasteiger partial charge >= 0.3 is 0 Å². The van der Waals surface area contributed by atoms with Crippen LogP contribution >= 0.6 is 24.0 Å². The summed E-state index contributed by atoms with van der Waals surface area (Å²) in [5.41, 5.74) is 1.12. The number of nitrogens with zero attached hydrogens (tertiary/aromatic N) is 4. The number of benzene rings is 1.